The number of anilines is 1. The second-order valence-corrected chi connectivity index (χ2v) is 6.06. The molecule has 0 fully saturated rings. The zero-order valence-corrected chi connectivity index (χ0v) is 11.7. The highest BCUT2D eigenvalue weighted by atomic mass is 32.2. The van der Waals surface area contributed by atoms with E-state index < -0.39 is 16.8 Å². The highest BCUT2D eigenvalue weighted by Gasteiger charge is 2.38. The summed E-state index contributed by atoms with van der Waals surface area (Å²) >= 11 is 0.653. The van der Waals surface area contributed by atoms with Crippen molar-refractivity contribution in [2.75, 3.05) is 5.32 Å². The molecule has 1 atom stereocenters. The molecule has 8 heteroatoms. The molecule has 106 valence electrons. The van der Waals surface area contributed by atoms with E-state index >= 15 is 0 Å². The van der Waals surface area contributed by atoms with Crippen molar-refractivity contribution in [1.29, 1.82) is 0 Å². The number of aromatic nitrogens is 1. The summed E-state index contributed by atoms with van der Waals surface area (Å²) in [6.45, 7) is 3.21. The number of nitroso groups, excluding NO2 is 1. The van der Waals surface area contributed by atoms with Crippen molar-refractivity contribution in [3.63, 3.8) is 0 Å². The normalized spacial score (nSPS) is 13.1. The van der Waals surface area contributed by atoms with Gasteiger partial charge in [-0.3, -0.25) is 0 Å². The number of fused-ring (bicyclic) bond motifs is 1. The number of rotatable bonds is 6. The van der Waals surface area contributed by atoms with Crippen molar-refractivity contribution in [3.05, 3.63) is 29.2 Å². The van der Waals surface area contributed by atoms with Gasteiger partial charge in [0.25, 0.3) is 6.01 Å². The average molecular weight is 295 g/mol. The zero-order valence-electron chi connectivity index (χ0n) is 10.9. The van der Waals surface area contributed by atoms with Crippen LogP contribution in [0.1, 0.15) is 13.8 Å². The fourth-order valence-electron chi connectivity index (χ4n) is 1.74. The monoisotopic (exact) mass is 295 g/mol. The van der Waals surface area contributed by atoms with Crippen LogP contribution in [0, 0.1) is 4.91 Å². The molecule has 0 aliphatic rings. The highest BCUT2D eigenvalue weighted by molar-refractivity contribution is 7.99. The molecule has 2 aromatic rings. The van der Waals surface area contributed by atoms with Gasteiger partial charge >= 0.3 is 5.97 Å². The molecule has 1 aromatic carbocycles. The van der Waals surface area contributed by atoms with Crippen molar-refractivity contribution in [2.24, 2.45) is 4.58 Å². The SMILES string of the molecule is CC(C)(SN=O)[C@H](Nc1nc2ccccc2o1)C(=O)O. The van der Waals surface area contributed by atoms with E-state index in [9.17, 15) is 14.8 Å². The van der Waals surface area contributed by atoms with Crippen molar-refractivity contribution in [2.45, 2.75) is 24.6 Å². The number of hydrogen-bond acceptors (Lipinski definition) is 7. The first-order chi connectivity index (χ1) is 9.44. The number of carboxylic acid groups (broad SMARTS) is 1. The second-order valence-electron chi connectivity index (χ2n) is 4.67. The van der Waals surface area contributed by atoms with Crippen LogP contribution in [-0.2, 0) is 4.79 Å². The predicted molar refractivity (Wildman–Crippen MR) is 76.5 cm³/mol. The van der Waals surface area contributed by atoms with Gasteiger partial charge in [-0.2, -0.15) is 4.98 Å². The third kappa shape index (κ3) is 2.90. The third-order valence-corrected chi connectivity index (χ3v) is 3.56. The summed E-state index contributed by atoms with van der Waals surface area (Å²) in [7, 11) is 0. The third-order valence-electron chi connectivity index (χ3n) is 2.78. The molecular weight excluding hydrogens is 282 g/mol. The minimum Gasteiger partial charge on any atom is -0.480 e. The Hall–Kier alpha value is -2.09. The van der Waals surface area contributed by atoms with Crippen LogP contribution in [0.5, 0.6) is 0 Å². The minimum atomic E-state index is -1.12. The molecule has 0 aliphatic carbocycles. The average Bonchev–Trinajstić information content (AvgIpc) is 2.77. The molecule has 0 saturated heterocycles. The Balaban J connectivity index is 2.28. The Morgan fingerprint density at radius 1 is 1.50 bits per heavy atom. The predicted octanol–water partition coefficient (Wildman–Crippen LogP) is 2.89. The minimum absolute atomic E-state index is 0.0955. The van der Waals surface area contributed by atoms with Crippen LogP contribution in [0.15, 0.2) is 33.3 Å². The lowest BCUT2D eigenvalue weighted by atomic mass is 10.0. The number of aliphatic carboxylic acids is 1. The molecule has 0 aliphatic heterocycles. The molecular formula is C12H13N3O4S. The molecule has 2 N–H and O–H groups in total. The summed E-state index contributed by atoms with van der Waals surface area (Å²) < 4.78 is 7.18. The quantitative estimate of drug-likeness (QED) is 0.623. The van der Waals surface area contributed by atoms with E-state index in [-0.39, 0.29) is 6.01 Å². The van der Waals surface area contributed by atoms with Gasteiger partial charge in [0.1, 0.15) is 11.6 Å². The van der Waals surface area contributed by atoms with Gasteiger partial charge in [0.05, 0.1) is 4.75 Å². The Morgan fingerprint density at radius 3 is 2.80 bits per heavy atom. The van der Waals surface area contributed by atoms with Crippen LogP contribution >= 0.6 is 11.9 Å². The van der Waals surface area contributed by atoms with Crippen LogP contribution in [0.2, 0.25) is 0 Å². The first kappa shape index (κ1) is 14.3. The molecule has 1 aromatic heterocycles. The van der Waals surface area contributed by atoms with Crippen molar-refractivity contribution >= 4 is 35.0 Å². The molecule has 0 spiro atoms. The summed E-state index contributed by atoms with van der Waals surface area (Å²) in [6.07, 6.45) is 0. The van der Waals surface area contributed by atoms with E-state index in [1.807, 2.05) is 0 Å². The molecule has 0 saturated carbocycles. The molecule has 7 nitrogen and oxygen atoms in total. The van der Waals surface area contributed by atoms with E-state index in [1.165, 1.54) is 0 Å². The Labute approximate surface area is 118 Å². The maximum absolute atomic E-state index is 11.4. The lowest BCUT2D eigenvalue weighted by Crippen LogP contribution is -2.45. The Kier molecular flexibility index (Phi) is 3.93. The van der Waals surface area contributed by atoms with Gasteiger partial charge in [0, 0.05) is 16.5 Å². The highest BCUT2D eigenvalue weighted by Crippen LogP contribution is 2.31. The van der Waals surface area contributed by atoms with Crippen molar-refractivity contribution < 1.29 is 14.3 Å². The smallest absolute Gasteiger partial charge is 0.327 e. The number of carbonyl (C=O) groups is 1. The molecule has 0 unspecified atom stereocenters. The molecule has 20 heavy (non-hydrogen) atoms. The van der Waals surface area contributed by atoms with Crippen LogP contribution in [0.4, 0.5) is 6.01 Å². The van der Waals surface area contributed by atoms with E-state index in [0.29, 0.717) is 23.0 Å². The number of benzene rings is 1. The van der Waals surface area contributed by atoms with Gasteiger partial charge in [-0.25, -0.2) is 4.79 Å². The van der Waals surface area contributed by atoms with Gasteiger partial charge in [-0.05, 0) is 26.0 Å². The molecule has 0 amide bonds. The summed E-state index contributed by atoms with van der Waals surface area (Å²) in [4.78, 5) is 25.9. The van der Waals surface area contributed by atoms with Gasteiger partial charge in [-0.15, -0.1) is 4.91 Å². The van der Waals surface area contributed by atoms with Gasteiger partial charge in [0.2, 0.25) is 0 Å². The second kappa shape index (κ2) is 5.49. The fraction of sp³-hybridized carbons (Fsp3) is 0.333. The van der Waals surface area contributed by atoms with E-state index in [1.54, 1.807) is 38.1 Å². The van der Waals surface area contributed by atoms with E-state index in [2.05, 4.69) is 14.9 Å². The standard InChI is InChI=1S/C12H13N3O4S/c1-12(2,20-15-18)9(10(16)17)14-11-13-7-5-3-4-6-8(7)19-11/h3-6,9H,1-2H3,(H,13,14)(H,16,17)/t9-/m1/s1. The van der Waals surface area contributed by atoms with Gasteiger partial charge in [0.15, 0.2) is 5.58 Å². The first-order valence-corrected chi connectivity index (χ1v) is 6.57. The first-order valence-electron chi connectivity index (χ1n) is 5.80. The molecule has 0 radical (unpaired) electrons. The lowest BCUT2D eigenvalue weighted by Gasteiger charge is -2.27. The maximum atomic E-state index is 11.4. The molecule has 1 heterocycles. The Morgan fingerprint density at radius 2 is 2.20 bits per heavy atom. The van der Waals surface area contributed by atoms with E-state index in [4.69, 9.17) is 4.42 Å². The summed E-state index contributed by atoms with van der Waals surface area (Å²) in [5.41, 5.74) is 1.18. The van der Waals surface area contributed by atoms with Crippen LogP contribution in [0.3, 0.4) is 0 Å². The lowest BCUT2D eigenvalue weighted by molar-refractivity contribution is -0.138. The van der Waals surface area contributed by atoms with Crippen LogP contribution in [0.25, 0.3) is 11.1 Å². The number of carboxylic acids is 1. The summed E-state index contributed by atoms with van der Waals surface area (Å²) in [6, 6.07) is 6.11. The fourth-order valence-corrected chi connectivity index (χ4v) is 2.20. The van der Waals surface area contributed by atoms with E-state index in [0.717, 1.165) is 0 Å². The topological polar surface area (TPSA) is 105 Å². The van der Waals surface area contributed by atoms with Crippen molar-refractivity contribution in [3.8, 4) is 0 Å². The van der Waals surface area contributed by atoms with Crippen LogP contribution in [-0.4, -0.2) is 26.8 Å². The summed E-state index contributed by atoms with van der Waals surface area (Å²) in [5.74, 6) is -1.12. The number of hydrogen-bond donors (Lipinski definition) is 2. The number of para-hydroxylation sites is 2. The van der Waals surface area contributed by atoms with Gasteiger partial charge < -0.3 is 14.8 Å². The number of oxazole rings is 1. The van der Waals surface area contributed by atoms with Gasteiger partial charge in [-0.1, -0.05) is 12.1 Å². The molecule has 2 rings (SSSR count). The zero-order chi connectivity index (χ0) is 14.8. The Bertz CT molecular complexity index is 607. The largest absolute Gasteiger partial charge is 0.480 e. The van der Waals surface area contributed by atoms with Crippen molar-refractivity contribution in [1.82, 2.24) is 4.98 Å². The number of nitrogens with one attached hydrogen (secondary N) is 1. The maximum Gasteiger partial charge on any atom is 0.327 e. The number of nitrogens with zero attached hydrogens (tertiary/aromatic N) is 2. The summed E-state index contributed by atoms with van der Waals surface area (Å²) in [5, 5.41) is 12.0. The molecule has 0 bridgehead atoms. The van der Waals surface area contributed by atoms with Crippen LogP contribution < -0.4 is 5.32 Å².